The molecule has 1 heterocycles. The molecule has 3 nitrogen and oxygen atoms in total. The molecule has 1 aliphatic heterocycles. The van der Waals surface area contributed by atoms with Crippen molar-refractivity contribution in [2.75, 3.05) is 13.1 Å². The summed E-state index contributed by atoms with van der Waals surface area (Å²) in [5.41, 5.74) is -0.488. The van der Waals surface area contributed by atoms with E-state index in [4.69, 9.17) is 0 Å². The molecule has 0 unspecified atom stereocenters. The smallest absolute Gasteiger partial charge is 0.349 e. The van der Waals surface area contributed by atoms with Crippen LogP contribution < -0.4 is 10.6 Å². The first kappa shape index (κ1) is 16.8. The molecule has 0 saturated carbocycles. The van der Waals surface area contributed by atoms with Crippen molar-refractivity contribution >= 4 is 18.3 Å². The van der Waals surface area contributed by atoms with E-state index in [1.54, 1.807) is 0 Å². The molecule has 0 spiro atoms. The number of amides is 1. The molecular formula is C13H16ClF3N2O. The van der Waals surface area contributed by atoms with Crippen LogP contribution in [0, 0.1) is 0 Å². The van der Waals surface area contributed by atoms with Gasteiger partial charge in [-0.25, -0.2) is 0 Å². The van der Waals surface area contributed by atoms with Gasteiger partial charge < -0.3 is 10.6 Å². The maximum atomic E-state index is 12.4. The van der Waals surface area contributed by atoms with Crippen LogP contribution in [0.25, 0.3) is 0 Å². The molecule has 1 aliphatic rings. The fraction of sp³-hybridized carbons (Fsp3) is 0.462. The van der Waals surface area contributed by atoms with Crippen LogP contribution in [0.3, 0.4) is 0 Å². The molecular weight excluding hydrogens is 293 g/mol. The van der Waals surface area contributed by atoms with Gasteiger partial charge in [-0.15, -0.1) is 12.4 Å². The predicted molar refractivity (Wildman–Crippen MR) is 72.0 cm³/mol. The Kier molecular flexibility index (Phi) is 5.83. The van der Waals surface area contributed by atoms with Gasteiger partial charge in [-0.1, -0.05) is 0 Å². The van der Waals surface area contributed by atoms with Crippen LogP contribution in [-0.2, 0) is 6.18 Å². The standard InChI is InChI=1S/C13H15F3N2O.ClH/c14-13(15,16)10-3-1-9(2-4-10)12(19)18-11-5-7-17-8-6-11;/h1-4,11,17H,5-8H2,(H,18,19);1H. The summed E-state index contributed by atoms with van der Waals surface area (Å²) in [4.78, 5) is 11.9. The quantitative estimate of drug-likeness (QED) is 0.882. The summed E-state index contributed by atoms with van der Waals surface area (Å²) in [6, 6.07) is 4.36. The van der Waals surface area contributed by atoms with Crippen molar-refractivity contribution < 1.29 is 18.0 Å². The number of rotatable bonds is 2. The minimum atomic E-state index is -4.37. The first-order chi connectivity index (χ1) is 8.97. The van der Waals surface area contributed by atoms with Crippen LogP contribution in [-0.4, -0.2) is 25.0 Å². The highest BCUT2D eigenvalue weighted by Gasteiger charge is 2.30. The van der Waals surface area contributed by atoms with Crippen LogP contribution in [0.5, 0.6) is 0 Å². The van der Waals surface area contributed by atoms with Gasteiger partial charge in [-0.05, 0) is 50.2 Å². The summed E-state index contributed by atoms with van der Waals surface area (Å²) in [6.45, 7) is 1.69. The summed E-state index contributed by atoms with van der Waals surface area (Å²) in [5, 5.41) is 6.01. The minimum Gasteiger partial charge on any atom is -0.349 e. The van der Waals surface area contributed by atoms with Crippen molar-refractivity contribution in [1.29, 1.82) is 0 Å². The fourth-order valence-electron chi connectivity index (χ4n) is 2.05. The molecule has 1 aromatic rings. The maximum absolute atomic E-state index is 12.4. The lowest BCUT2D eigenvalue weighted by atomic mass is 10.1. The molecule has 0 radical (unpaired) electrons. The maximum Gasteiger partial charge on any atom is 0.416 e. The molecule has 2 N–H and O–H groups in total. The molecule has 1 saturated heterocycles. The Labute approximate surface area is 121 Å². The zero-order valence-electron chi connectivity index (χ0n) is 10.7. The van der Waals surface area contributed by atoms with E-state index in [-0.39, 0.29) is 29.9 Å². The summed E-state index contributed by atoms with van der Waals surface area (Å²) in [5.74, 6) is -0.319. The number of piperidine rings is 1. The van der Waals surface area contributed by atoms with Crippen molar-refractivity contribution in [3.63, 3.8) is 0 Å². The lowest BCUT2D eigenvalue weighted by Gasteiger charge is -2.23. The van der Waals surface area contributed by atoms with Crippen molar-refractivity contribution in [1.82, 2.24) is 10.6 Å². The molecule has 7 heteroatoms. The van der Waals surface area contributed by atoms with Crippen LogP contribution >= 0.6 is 12.4 Å². The SMILES string of the molecule is Cl.O=C(NC1CCNCC1)c1ccc(C(F)(F)F)cc1. The van der Waals surface area contributed by atoms with Gasteiger partial charge in [0.05, 0.1) is 5.56 Å². The zero-order chi connectivity index (χ0) is 13.9. The number of nitrogens with one attached hydrogen (secondary N) is 2. The van der Waals surface area contributed by atoms with E-state index in [0.717, 1.165) is 38.1 Å². The van der Waals surface area contributed by atoms with Crippen molar-refractivity contribution in [2.24, 2.45) is 0 Å². The van der Waals surface area contributed by atoms with E-state index < -0.39 is 11.7 Å². The largest absolute Gasteiger partial charge is 0.416 e. The highest BCUT2D eigenvalue weighted by molar-refractivity contribution is 5.94. The Morgan fingerprint density at radius 2 is 1.70 bits per heavy atom. The summed E-state index contributed by atoms with van der Waals surface area (Å²) < 4.78 is 37.2. The van der Waals surface area contributed by atoms with Gasteiger partial charge in [-0.3, -0.25) is 4.79 Å². The highest BCUT2D eigenvalue weighted by Crippen LogP contribution is 2.29. The average Bonchev–Trinajstić information content (AvgIpc) is 2.39. The first-order valence-corrected chi connectivity index (χ1v) is 6.15. The molecule has 0 aliphatic carbocycles. The second kappa shape index (κ2) is 6.95. The number of alkyl halides is 3. The van der Waals surface area contributed by atoms with Crippen LogP contribution in [0.4, 0.5) is 13.2 Å². The van der Waals surface area contributed by atoms with Gasteiger partial charge in [0.1, 0.15) is 0 Å². The zero-order valence-corrected chi connectivity index (χ0v) is 11.5. The number of carbonyl (C=O) groups excluding carboxylic acids is 1. The minimum absolute atomic E-state index is 0. The van der Waals surface area contributed by atoms with E-state index in [0.29, 0.717) is 0 Å². The van der Waals surface area contributed by atoms with Crippen LogP contribution in [0.2, 0.25) is 0 Å². The monoisotopic (exact) mass is 308 g/mol. The summed E-state index contributed by atoms with van der Waals surface area (Å²) >= 11 is 0. The molecule has 1 fully saturated rings. The van der Waals surface area contributed by atoms with Gasteiger partial charge in [0.25, 0.3) is 5.91 Å². The van der Waals surface area contributed by atoms with Crippen molar-refractivity contribution in [2.45, 2.75) is 25.1 Å². The van der Waals surface area contributed by atoms with E-state index in [1.807, 2.05) is 0 Å². The topological polar surface area (TPSA) is 41.1 Å². The van der Waals surface area contributed by atoms with Crippen molar-refractivity contribution in [3.8, 4) is 0 Å². The van der Waals surface area contributed by atoms with E-state index in [2.05, 4.69) is 10.6 Å². The number of carbonyl (C=O) groups is 1. The van der Waals surface area contributed by atoms with Crippen molar-refractivity contribution in [3.05, 3.63) is 35.4 Å². The summed E-state index contributed by atoms with van der Waals surface area (Å²) in [6.07, 6.45) is -2.69. The number of hydrogen-bond acceptors (Lipinski definition) is 2. The Bertz CT molecular complexity index is 442. The Morgan fingerprint density at radius 3 is 2.20 bits per heavy atom. The molecule has 1 aromatic carbocycles. The Morgan fingerprint density at radius 1 is 1.15 bits per heavy atom. The highest BCUT2D eigenvalue weighted by atomic mass is 35.5. The Balaban J connectivity index is 0.00000200. The molecule has 0 aromatic heterocycles. The van der Waals surface area contributed by atoms with Crippen LogP contribution in [0.1, 0.15) is 28.8 Å². The molecule has 0 atom stereocenters. The van der Waals surface area contributed by atoms with E-state index in [9.17, 15) is 18.0 Å². The van der Waals surface area contributed by atoms with Gasteiger partial charge in [0.2, 0.25) is 0 Å². The number of benzene rings is 1. The predicted octanol–water partition coefficient (Wildman–Crippen LogP) is 2.61. The second-order valence-electron chi connectivity index (χ2n) is 4.57. The summed E-state index contributed by atoms with van der Waals surface area (Å²) in [7, 11) is 0. The number of hydrogen-bond donors (Lipinski definition) is 2. The lowest BCUT2D eigenvalue weighted by molar-refractivity contribution is -0.137. The fourth-order valence-corrected chi connectivity index (χ4v) is 2.05. The van der Waals surface area contributed by atoms with E-state index >= 15 is 0 Å². The second-order valence-corrected chi connectivity index (χ2v) is 4.57. The third-order valence-corrected chi connectivity index (χ3v) is 3.15. The van der Waals surface area contributed by atoms with E-state index in [1.165, 1.54) is 12.1 Å². The molecule has 2 rings (SSSR count). The Hall–Kier alpha value is -1.27. The first-order valence-electron chi connectivity index (χ1n) is 6.15. The van der Waals surface area contributed by atoms with Gasteiger partial charge >= 0.3 is 6.18 Å². The molecule has 0 bridgehead atoms. The normalized spacial score (nSPS) is 16.4. The lowest BCUT2D eigenvalue weighted by Crippen LogP contribution is -2.42. The van der Waals surface area contributed by atoms with Gasteiger partial charge in [0.15, 0.2) is 0 Å². The molecule has 20 heavy (non-hydrogen) atoms. The third-order valence-electron chi connectivity index (χ3n) is 3.15. The van der Waals surface area contributed by atoms with Gasteiger partial charge in [0, 0.05) is 11.6 Å². The molecule has 112 valence electrons. The van der Waals surface area contributed by atoms with Gasteiger partial charge in [-0.2, -0.15) is 13.2 Å². The van der Waals surface area contributed by atoms with Crippen LogP contribution in [0.15, 0.2) is 24.3 Å². The number of halogens is 4. The molecule has 1 amide bonds. The average molecular weight is 309 g/mol. The third kappa shape index (κ3) is 4.38.